The molecule has 1 aliphatic carbocycles. The van der Waals surface area contributed by atoms with E-state index in [0.717, 1.165) is 42.2 Å². The van der Waals surface area contributed by atoms with Crippen molar-refractivity contribution < 1.29 is 27.5 Å². The minimum Gasteiger partial charge on any atom is -0.448 e. The number of hydrogen-bond acceptors (Lipinski definition) is 4. The van der Waals surface area contributed by atoms with Gasteiger partial charge in [-0.1, -0.05) is 0 Å². The van der Waals surface area contributed by atoms with Crippen LogP contribution >= 0.6 is 11.3 Å². The van der Waals surface area contributed by atoms with Gasteiger partial charge in [-0.15, -0.1) is 11.3 Å². The number of rotatable bonds is 4. The molecular formula is C18H16F3NO3S. The van der Waals surface area contributed by atoms with Crippen LogP contribution in [0.2, 0.25) is 0 Å². The Morgan fingerprint density at radius 3 is 2.62 bits per heavy atom. The van der Waals surface area contributed by atoms with Crippen LogP contribution in [-0.4, -0.2) is 18.0 Å². The predicted molar refractivity (Wildman–Crippen MR) is 90.8 cm³/mol. The Balaban J connectivity index is 1.65. The Morgan fingerprint density at radius 1 is 1.15 bits per heavy atom. The molecule has 1 atom stereocenters. The fourth-order valence-corrected chi connectivity index (χ4v) is 3.86. The number of anilines is 1. The van der Waals surface area contributed by atoms with Gasteiger partial charge >= 0.3 is 5.97 Å². The first-order valence-electron chi connectivity index (χ1n) is 8.13. The summed E-state index contributed by atoms with van der Waals surface area (Å²) in [7, 11) is 0. The minimum absolute atomic E-state index is 0.413. The number of thiophene rings is 1. The lowest BCUT2D eigenvalue weighted by atomic mass is 9.99. The van der Waals surface area contributed by atoms with Crippen molar-refractivity contribution >= 4 is 28.9 Å². The number of fused-ring (bicyclic) bond motifs is 1. The molecule has 0 bridgehead atoms. The molecule has 1 N–H and O–H groups in total. The maximum atomic E-state index is 13.6. The molecule has 0 radical (unpaired) electrons. The van der Waals surface area contributed by atoms with Crippen molar-refractivity contribution in [3.05, 3.63) is 51.0 Å². The number of halogens is 3. The van der Waals surface area contributed by atoms with Crippen LogP contribution < -0.4 is 5.32 Å². The molecule has 0 fully saturated rings. The van der Waals surface area contributed by atoms with Gasteiger partial charge in [0.2, 0.25) is 0 Å². The molecule has 3 rings (SSSR count). The van der Waals surface area contributed by atoms with E-state index in [4.69, 9.17) is 4.74 Å². The third kappa shape index (κ3) is 3.75. The van der Waals surface area contributed by atoms with E-state index in [2.05, 4.69) is 5.32 Å². The number of benzene rings is 1. The van der Waals surface area contributed by atoms with Crippen LogP contribution in [0.3, 0.4) is 0 Å². The van der Waals surface area contributed by atoms with Gasteiger partial charge in [0.15, 0.2) is 23.6 Å². The van der Waals surface area contributed by atoms with Crippen LogP contribution in [-0.2, 0) is 22.4 Å². The highest BCUT2D eigenvalue weighted by molar-refractivity contribution is 7.14. The SMILES string of the molecule is C[C@H](OC(=O)c1cc2c(s1)CCCC2)C(=O)Nc1ccc(F)c(F)c1F. The highest BCUT2D eigenvalue weighted by Crippen LogP contribution is 2.30. The average Bonchev–Trinajstić information content (AvgIpc) is 3.06. The van der Waals surface area contributed by atoms with Gasteiger partial charge in [-0.05, 0) is 56.4 Å². The van der Waals surface area contributed by atoms with E-state index >= 15 is 0 Å². The molecule has 1 aromatic carbocycles. The number of nitrogens with one attached hydrogen (secondary N) is 1. The van der Waals surface area contributed by atoms with E-state index in [-0.39, 0.29) is 0 Å². The molecule has 4 nitrogen and oxygen atoms in total. The van der Waals surface area contributed by atoms with E-state index in [1.54, 1.807) is 6.07 Å². The molecule has 8 heteroatoms. The van der Waals surface area contributed by atoms with Crippen molar-refractivity contribution in [3.8, 4) is 0 Å². The summed E-state index contributed by atoms with van der Waals surface area (Å²) >= 11 is 1.35. The first-order chi connectivity index (χ1) is 12.4. The van der Waals surface area contributed by atoms with Crippen molar-refractivity contribution in [2.45, 2.75) is 38.7 Å². The van der Waals surface area contributed by atoms with Gasteiger partial charge in [-0.3, -0.25) is 4.79 Å². The Hall–Kier alpha value is -2.35. The van der Waals surface area contributed by atoms with Crippen molar-refractivity contribution in [2.24, 2.45) is 0 Å². The molecule has 1 amide bonds. The first-order valence-corrected chi connectivity index (χ1v) is 8.95. The van der Waals surface area contributed by atoms with Crippen LogP contribution in [0.25, 0.3) is 0 Å². The number of carbonyl (C=O) groups excluding carboxylic acids is 2. The van der Waals surface area contributed by atoms with Crippen LogP contribution in [0.5, 0.6) is 0 Å². The van der Waals surface area contributed by atoms with Gasteiger partial charge in [-0.25, -0.2) is 18.0 Å². The summed E-state index contributed by atoms with van der Waals surface area (Å²) in [5.74, 6) is -6.04. The van der Waals surface area contributed by atoms with Crippen LogP contribution in [0.1, 0.15) is 39.9 Å². The molecule has 26 heavy (non-hydrogen) atoms. The zero-order valence-electron chi connectivity index (χ0n) is 13.9. The smallest absolute Gasteiger partial charge is 0.349 e. The third-order valence-corrected chi connectivity index (χ3v) is 5.36. The van der Waals surface area contributed by atoms with Gasteiger partial charge in [0.1, 0.15) is 4.88 Å². The summed E-state index contributed by atoms with van der Waals surface area (Å²) < 4.78 is 44.8. The van der Waals surface area contributed by atoms with Crippen molar-refractivity contribution in [1.29, 1.82) is 0 Å². The summed E-state index contributed by atoms with van der Waals surface area (Å²) in [6, 6.07) is 3.37. The zero-order chi connectivity index (χ0) is 18.8. The fourth-order valence-electron chi connectivity index (χ4n) is 2.72. The molecule has 1 aliphatic rings. The number of carbonyl (C=O) groups is 2. The monoisotopic (exact) mass is 383 g/mol. The summed E-state index contributed by atoms with van der Waals surface area (Å²) in [4.78, 5) is 25.8. The average molecular weight is 383 g/mol. The predicted octanol–water partition coefficient (Wildman–Crippen LogP) is 4.23. The van der Waals surface area contributed by atoms with Gasteiger partial charge in [0.05, 0.1) is 5.69 Å². The van der Waals surface area contributed by atoms with Crippen molar-refractivity contribution in [2.75, 3.05) is 5.32 Å². The third-order valence-electron chi connectivity index (χ3n) is 4.14. The molecule has 1 heterocycles. The second-order valence-corrected chi connectivity index (χ2v) is 7.16. The minimum atomic E-state index is -1.68. The number of esters is 1. The van der Waals surface area contributed by atoms with E-state index < -0.39 is 41.1 Å². The second kappa shape index (κ2) is 7.49. The Kier molecular flexibility index (Phi) is 5.31. The molecule has 0 saturated heterocycles. The van der Waals surface area contributed by atoms with Crippen LogP contribution in [0.4, 0.5) is 18.9 Å². The summed E-state index contributed by atoms with van der Waals surface area (Å²) in [5.41, 5.74) is 0.609. The van der Waals surface area contributed by atoms with Crippen molar-refractivity contribution in [1.82, 2.24) is 0 Å². The lowest BCUT2D eigenvalue weighted by Gasteiger charge is -2.13. The summed E-state index contributed by atoms with van der Waals surface area (Å²) in [6.45, 7) is 1.32. The maximum absolute atomic E-state index is 13.6. The molecule has 2 aromatic rings. The molecule has 138 valence electrons. The Morgan fingerprint density at radius 2 is 1.88 bits per heavy atom. The number of aryl methyl sites for hydroxylation is 2. The van der Waals surface area contributed by atoms with Crippen LogP contribution in [0, 0.1) is 17.5 Å². The maximum Gasteiger partial charge on any atom is 0.349 e. The Labute approximate surface area is 152 Å². The number of ether oxygens (including phenoxy) is 1. The lowest BCUT2D eigenvalue weighted by molar-refractivity contribution is -0.123. The molecule has 0 aliphatic heterocycles. The number of hydrogen-bond donors (Lipinski definition) is 1. The molecule has 0 spiro atoms. The van der Waals surface area contributed by atoms with E-state index in [1.165, 1.54) is 18.3 Å². The molecule has 0 unspecified atom stereocenters. The van der Waals surface area contributed by atoms with E-state index in [9.17, 15) is 22.8 Å². The normalized spacial score (nSPS) is 14.5. The van der Waals surface area contributed by atoms with Gasteiger partial charge in [0.25, 0.3) is 5.91 Å². The van der Waals surface area contributed by atoms with Gasteiger partial charge in [0, 0.05) is 4.88 Å². The molecule has 0 saturated carbocycles. The fraction of sp³-hybridized carbons (Fsp3) is 0.333. The molecule has 1 aromatic heterocycles. The zero-order valence-corrected chi connectivity index (χ0v) is 14.7. The largest absolute Gasteiger partial charge is 0.448 e. The lowest BCUT2D eigenvalue weighted by Crippen LogP contribution is -2.30. The van der Waals surface area contributed by atoms with Crippen molar-refractivity contribution in [3.63, 3.8) is 0 Å². The highest BCUT2D eigenvalue weighted by Gasteiger charge is 2.24. The van der Waals surface area contributed by atoms with Crippen LogP contribution in [0.15, 0.2) is 18.2 Å². The highest BCUT2D eigenvalue weighted by atomic mass is 32.1. The quantitative estimate of drug-likeness (QED) is 0.635. The molecular weight excluding hydrogens is 367 g/mol. The second-order valence-electron chi connectivity index (χ2n) is 6.03. The topological polar surface area (TPSA) is 55.4 Å². The van der Waals surface area contributed by atoms with E-state index in [1.807, 2.05) is 0 Å². The first kappa shape index (κ1) is 18.4. The van der Waals surface area contributed by atoms with Gasteiger partial charge in [-0.2, -0.15) is 0 Å². The standard InChI is InChI=1S/C18H16F3NO3S/c1-9(17(23)22-12-7-6-11(19)15(20)16(12)21)25-18(24)14-8-10-4-2-3-5-13(10)26-14/h6-9H,2-5H2,1H3,(H,22,23)/t9-/m0/s1. The summed E-state index contributed by atoms with van der Waals surface area (Å²) in [6.07, 6.45) is 2.79. The summed E-state index contributed by atoms with van der Waals surface area (Å²) in [5, 5.41) is 2.09. The van der Waals surface area contributed by atoms with E-state index in [0.29, 0.717) is 10.9 Å². The number of amides is 1. The van der Waals surface area contributed by atoms with Gasteiger partial charge < -0.3 is 10.1 Å². The Bertz CT molecular complexity index is 842.